The van der Waals surface area contributed by atoms with Gasteiger partial charge in [0.15, 0.2) is 17.7 Å². The summed E-state index contributed by atoms with van der Waals surface area (Å²) in [6.07, 6.45) is -1.42. The van der Waals surface area contributed by atoms with Crippen molar-refractivity contribution in [3.63, 3.8) is 0 Å². The molecule has 0 spiro atoms. The zero-order chi connectivity index (χ0) is 13.6. The zero-order valence-electron chi connectivity index (χ0n) is 10.7. The number of ether oxygens (including phenoxy) is 1. The van der Waals surface area contributed by atoms with Crippen LogP contribution in [0.1, 0.15) is 6.23 Å². The van der Waals surface area contributed by atoms with E-state index < -0.39 is 31.1 Å². The minimum absolute atomic E-state index is 0. The molecule has 0 bridgehead atoms. The minimum atomic E-state index is -1.19. The second-order valence-electron chi connectivity index (χ2n) is 4.31. The van der Waals surface area contributed by atoms with Crippen molar-refractivity contribution in [1.82, 2.24) is 19.5 Å². The monoisotopic (exact) mass is 342 g/mol. The van der Waals surface area contributed by atoms with E-state index in [4.69, 9.17) is 15.6 Å². The van der Waals surface area contributed by atoms with Crippen molar-refractivity contribution in [2.45, 2.75) is 24.5 Å². The largest absolute Gasteiger partial charge is 0.693 e. The maximum atomic E-state index is 9.95. The van der Waals surface area contributed by atoms with E-state index >= 15 is 0 Å². The molecule has 0 aromatic carbocycles. The average molecular weight is 342 g/mol. The quantitative estimate of drug-likeness (QED) is 0.523. The van der Waals surface area contributed by atoms with Crippen LogP contribution in [0.25, 0.3) is 17.3 Å². The molecular weight excluding hydrogens is 327 g/mol. The van der Waals surface area contributed by atoms with Gasteiger partial charge in [-0.3, -0.25) is 4.57 Å². The fourth-order valence-corrected chi connectivity index (χ4v) is 2.17. The number of fused-ring (bicyclic) bond motifs is 1. The molecule has 1 fully saturated rings. The molecule has 3 heterocycles. The number of aliphatic hydroxyl groups is 3. The normalized spacial score (nSPS) is 28.1. The summed E-state index contributed by atoms with van der Waals surface area (Å²) in [6, 6.07) is 0. The molecule has 4 atom stereocenters. The number of anilines is 1. The fraction of sp³-hybridized carbons (Fsp3) is 0.500. The maximum absolute atomic E-state index is 9.95. The van der Waals surface area contributed by atoms with E-state index in [9.17, 15) is 10.2 Å². The van der Waals surface area contributed by atoms with Crippen LogP contribution < -0.4 is 5.73 Å². The van der Waals surface area contributed by atoms with Crippen LogP contribution in [0.15, 0.2) is 12.7 Å². The molecule has 21 heavy (non-hydrogen) atoms. The maximum Gasteiger partial charge on any atom is 0.167 e. The van der Waals surface area contributed by atoms with Crippen LogP contribution in [0.5, 0.6) is 0 Å². The van der Waals surface area contributed by atoms with Crippen molar-refractivity contribution in [2.75, 3.05) is 12.3 Å². The molecule has 0 saturated carbocycles. The number of nitrogen functional groups attached to an aromatic ring is 1. The Labute approximate surface area is 129 Å². The Morgan fingerprint density at radius 2 is 1.95 bits per heavy atom. The summed E-state index contributed by atoms with van der Waals surface area (Å²) < 4.78 is 6.85. The third-order valence-corrected chi connectivity index (χ3v) is 3.18. The summed E-state index contributed by atoms with van der Waals surface area (Å²) in [4.78, 5) is 11.9. The van der Waals surface area contributed by atoms with Crippen LogP contribution >= 0.6 is 0 Å². The molecule has 2 aromatic rings. The second kappa shape index (κ2) is 6.61. The van der Waals surface area contributed by atoms with E-state index in [0.29, 0.717) is 11.2 Å². The molecule has 7 N–H and O–H groups in total. The Morgan fingerprint density at radius 1 is 1.24 bits per heavy atom. The van der Waals surface area contributed by atoms with E-state index in [1.807, 2.05) is 0 Å². The van der Waals surface area contributed by atoms with Crippen molar-refractivity contribution in [3.05, 3.63) is 18.8 Å². The number of rotatable bonds is 2. The van der Waals surface area contributed by atoms with Crippen LogP contribution in [-0.4, -0.2) is 59.8 Å². The van der Waals surface area contributed by atoms with Gasteiger partial charge in [-0.2, -0.15) is 0 Å². The molecule has 11 heteroatoms. The molecule has 0 amide bonds. The number of hydrogen-bond acceptors (Lipinski definition) is 8. The molecule has 119 valence electrons. The van der Waals surface area contributed by atoms with Gasteiger partial charge in [0.1, 0.15) is 30.2 Å². The fourth-order valence-electron chi connectivity index (χ4n) is 2.17. The predicted octanol–water partition coefficient (Wildman–Crippen LogP) is -1.27. The van der Waals surface area contributed by atoms with Gasteiger partial charge >= 0.3 is 0 Å². The first-order chi connectivity index (χ1) is 9.13. The first-order valence-corrected chi connectivity index (χ1v) is 5.69. The van der Waals surface area contributed by atoms with Gasteiger partial charge in [0.2, 0.25) is 0 Å². The van der Waals surface area contributed by atoms with Gasteiger partial charge in [0, 0.05) is 16.8 Å². The molecular formula is C10H15CoN6O4-. The molecule has 1 aliphatic heterocycles. The molecule has 10 nitrogen and oxygen atoms in total. The van der Waals surface area contributed by atoms with Crippen molar-refractivity contribution in [1.29, 1.82) is 0 Å². The van der Waals surface area contributed by atoms with Crippen LogP contribution in [0.4, 0.5) is 5.82 Å². The predicted molar refractivity (Wildman–Crippen MR) is 68.0 cm³/mol. The van der Waals surface area contributed by atoms with E-state index in [1.165, 1.54) is 17.2 Å². The van der Waals surface area contributed by atoms with Gasteiger partial charge in [-0.25, -0.2) is 15.0 Å². The Bertz CT molecular complexity index is 610. The van der Waals surface area contributed by atoms with Crippen molar-refractivity contribution >= 4 is 17.0 Å². The summed E-state index contributed by atoms with van der Waals surface area (Å²) >= 11 is 0. The van der Waals surface area contributed by atoms with Gasteiger partial charge < -0.3 is 31.9 Å². The standard InChI is InChI=1S/C10H13N5O4.Co.H2N/c11-8-5-9(13-2-12-8)15(3-14-5)10-7(18)6(17)4(1-16)19-10;;/h2-4,6-7,10,16-18H,1H2,(H2,11,12,13);;1H2/q;;-1/t4-,6-,7-,10-;;/m1../s1. The van der Waals surface area contributed by atoms with Gasteiger partial charge in [0.05, 0.1) is 12.9 Å². The Hall–Kier alpha value is -1.34. The summed E-state index contributed by atoms with van der Waals surface area (Å²) in [6.45, 7) is -0.390. The number of aromatic nitrogens is 4. The zero-order valence-corrected chi connectivity index (χ0v) is 11.7. The second-order valence-corrected chi connectivity index (χ2v) is 4.31. The third kappa shape index (κ3) is 2.72. The number of aliphatic hydroxyl groups excluding tert-OH is 3. The van der Waals surface area contributed by atoms with E-state index in [-0.39, 0.29) is 28.7 Å². The molecule has 3 rings (SSSR count). The van der Waals surface area contributed by atoms with E-state index in [1.54, 1.807) is 0 Å². The van der Waals surface area contributed by atoms with Crippen molar-refractivity contribution in [3.8, 4) is 0 Å². The summed E-state index contributed by atoms with van der Waals surface area (Å²) in [5.74, 6) is 0.218. The molecule has 1 saturated heterocycles. The van der Waals surface area contributed by atoms with Gasteiger partial charge in [0.25, 0.3) is 0 Å². The van der Waals surface area contributed by atoms with Crippen LogP contribution in [0.2, 0.25) is 0 Å². The van der Waals surface area contributed by atoms with Crippen LogP contribution in [-0.2, 0) is 21.5 Å². The Morgan fingerprint density at radius 3 is 2.57 bits per heavy atom. The number of hydrogen-bond donors (Lipinski definition) is 4. The SMILES string of the molecule is Nc1ncnc2c1ncn2[C@@H]1O[C@H](CO)[C@@H](O)[C@H]1O.[Co].[NH2-]. The molecule has 0 unspecified atom stereocenters. The average Bonchev–Trinajstić information content (AvgIpc) is 2.94. The topological polar surface area (TPSA) is 173 Å². The van der Waals surface area contributed by atoms with E-state index in [2.05, 4.69) is 15.0 Å². The summed E-state index contributed by atoms with van der Waals surface area (Å²) in [5.41, 5.74) is 6.44. The van der Waals surface area contributed by atoms with E-state index in [0.717, 1.165) is 0 Å². The van der Waals surface area contributed by atoms with Gasteiger partial charge in [-0.1, -0.05) is 0 Å². The van der Waals surface area contributed by atoms with Crippen LogP contribution in [0.3, 0.4) is 0 Å². The Kier molecular flexibility index (Phi) is 5.58. The van der Waals surface area contributed by atoms with Crippen molar-refractivity contribution in [2.24, 2.45) is 0 Å². The van der Waals surface area contributed by atoms with Gasteiger partial charge in [-0.05, 0) is 0 Å². The number of imidazole rings is 1. The van der Waals surface area contributed by atoms with Gasteiger partial charge in [-0.15, -0.1) is 0 Å². The smallest absolute Gasteiger partial charge is 0.167 e. The molecule has 1 radical (unpaired) electrons. The van der Waals surface area contributed by atoms with Crippen molar-refractivity contribution < 1.29 is 36.8 Å². The first-order valence-electron chi connectivity index (χ1n) is 5.69. The number of nitrogens with two attached hydrogens (primary N) is 2. The summed E-state index contributed by atoms with van der Waals surface area (Å²) in [7, 11) is 0. The molecule has 0 aliphatic carbocycles. The molecule has 1 aliphatic rings. The third-order valence-electron chi connectivity index (χ3n) is 3.18. The Balaban J connectivity index is 0.00000110. The minimum Gasteiger partial charge on any atom is -0.693 e. The first kappa shape index (κ1) is 17.7. The van der Waals surface area contributed by atoms with Crippen LogP contribution in [0, 0.1) is 0 Å². The molecule has 2 aromatic heterocycles. The summed E-state index contributed by atoms with van der Waals surface area (Å²) in [5, 5.41) is 28.7. The number of nitrogens with zero attached hydrogens (tertiary/aromatic N) is 4.